The first-order valence-electron chi connectivity index (χ1n) is 11.7. The van der Waals surface area contributed by atoms with Crippen LogP contribution in [0, 0.1) is 17.2 Å². The summed E-state index contributed by atoms with van der Waals surface area (Å²) in [6, 6.07) is 10.6. The average molecular weight is 412 g/mol. The van der Waals surface area contributed by atoms with E-state index in [1.807, 2.05) is 24.3 Å². The molecular formula is C24H37N5O. The van der Waals surface area contributed by atoms with Crippen molar-refractivity contribution in [1.82, 2.24) is 15.5 Å². The fourth-order valence-electron chi connectivity index (χ4n) is 4.96. The van der Waals surface area contributed by atoms with Crippen molar-refractivity contribution in [3.8, 4) is 6.07 Å². The van der Waals surface area contributed by atoms with E-state index in [0.29, 0.717) is 17.5 Å². The van der Waals surface area contributed by atoms with Crippen LogP contribution in [0.4, 0.5) is 10.5 Å². The first-order chi connectivity index (χ1) is 14.6. The Balaban J connectivity index is 1.44. The molecule has 1 unspecified atom stereocenters. The Morgan fingerprint density at radius 3 is 2.30 bits per heavy atom. The fraction of sp³-hybridized carbons (Fsp3) is 0.667. The maximum Gasteiger partial charge on any atom is 0.315 e. The summed E-state index contributed by atoms with van der Waals surface area (Å²) in [7, 11) is 0. The van der Waals surface area contributed by atoms with Crippen LogP contribution in [-0.2, 0) is 0 Å². The summed E-state index contributed by atoms with van der Waals surface area (Å²) in [5, 5.41) is 15.3. The van der Waals surface area contributed by atoms with Crippen molar-refractivity contribution >= 4 is 11.7 Å². The topological polar surface area (TPSA) is 71.4 Å². The molecule has 2 heterocycles. The number of piperidine rings is 1. The summed E-state index contributed by atoms with van der Waals surface area (Å²) >= 11 is 0. The van der Waals surface area contributed by atoms with Gasteiger partial charge in [-0.05, 0) is 69.0 Å². The van der Waals surface area contributed by atoms with Crippen molar-refractivity contribution in [3.63, 3.8) is 0 Å². The Morgan fingerprint density at radius 1 is 1.10 bits per heavy atom. The molecule has 0 aliphatic carbocycles. The van der Waals surface area contributed by atoms with Gasteiger partial charge in [-0.3, -0.25) is 4.90 Å². The normalized spacial score (nSPS) is 18.9. The molecule has 2 saturated heterocycles. The molecule has 2 amide bonds. The van der Waals surface area contributed by atoms with Gasteiger partial charge in [0.1, 0.15) is 0 Å². The van der Waals surface area contributed by atoms with E-state index in [1.54, 1.807) is 0 Å². The van der Waals surface area contributed by atoms with Gasteiger partial charge in [0.05, 0.1) is 11.6 Å². The van der Waals surface area contributed by atoms with Gasteiger partial charge in [-0.2, -0.15) is 5.26 Å². The first-order valence-corrected chi connectivity index (χ1v) is 11.7. The maximum absolute atomic E-state index is 12.6. The van der Waals surface area contributed by atoms with E-state index in [9.17, 15) is 4.79 Å². The molecule has 2 N–H and O–H groups in total. The number of rotatable bonds is 8. The Labute approximate surface area is 181 Å². The van der Waals surface area contributed by atoms with Crippen molar-refractivity contribution in [2.24, 2.45) is 5.92 Å². The Bertz CT molecular complexity index is 693. The van der Waals surface area contributed by atoms with Gasteiger partial charge in [-0.25, -0.2) is 4.79 Å². The van der Waals surface area contributed by atoms with Gasteiger partial charge in [-0.15, -0.1) is 0 Å². The molecule has 0 spiro atoms. The molecule has 2 aliphatic rings. The SMILES string of the molecule is CCC(CC)C(CNC(=O)NC1CCN(c2ccc(C#N)cc2)CC1)N1CCCC1. The predicted molar refractivity (Wildman–Crippen MR) is 122 cm³/mol. The summed E-state index contributed by atoms with van der Waals surface area (Å²) in [5.74, 6) is 0.638. The van der Waals surface area contributed by atoms with Gasteiger partial charge >= 0.3 is 6.03 Å². The molecule has 2 fully saturated rings. The molecular weight excluding hydrogens is 374 g/mol. The molecule has 1 aromatic carbocycles. The van der Waals surface area contributed by atoms with Crippen molar-refractivity contribution in [1.29, 1.82) is 5.26 Å². The molecule has 6 nitrogen and oxygen atoms in total. The van der Waals surface area contributed by atoms with Gasteiger partial charge < -0.3 is 15.5 Å². The van der Waals surface area contributed by atoms with E-state index in [2.05, 4.69) is 40.4 Å². The highest BCUT2D eigenvalue weighted by Crippen LogP contribution is 2.23. The zero-order valence-electron chi connectivity index (χ0n) is 18.6. The Hall–Kier alpha value is -2.26. The minimum atomic E-state index is -0.0259. The standard InChI is InChI=1S/C24H37N5O/c1-3-20(4-2)23(29-13-5-6-14-29)18-26-24(30)27-21-11-15-28(16-12-21)22-9-7-19(17-25)8-10-22/h7-10,20-21,23H,3-6,11-16,18H2,1-2H3,(H2,26,27,30). The molecule has 0 aromatic heterocycles. The number of hydrogen-bond donors (Lipinski definition) is 2. The number of nitriles is 1. The van der Waals surface area contributed by atoms with Crippen LogP contribution in [0.3, 0.4) is 0 Å². The van der Waals surface area contributed by atoms with Crippen LogP contribution in [0.15, 0.2) is 24.3 Å². The average Bonchev–Trinajstić information content (AvgIpc) is 3.32. The number of urea groups is 1. The number of nitrogens with one attached hydrogen (secondary N) is 2. The van der Waals surface area contributed by atoms with E-state index >= 15 is 0 Å². The number of nitrogens with zero attached hydrogens (tertiary/aromatic N) is 3. The van der Waals surface area contributed by atoms with E-state index in [0.717, 1.165) is 64.1 Å². The minimum absolute atomic E-state index is 0.0259. The smallest absolute Gasteiger partial charge is 0.315 e. The van der Waals surface area contributed by atoms with Crippen LogP contribution in [0.5, 0.6) is 0 Å². The summed E-state index contributed by atoms with van der Waals surface area (Å²) in [6.45, 7) is 9.43. The molecule has 0 radical (unpaired) electrons. The highest BCUT2D eigenvalue weighted by atomic mass is 16.2. The van der Waals surface area contributed by atoms with E-state index in [4.69, 9.17) is 5.26 Å². The Kier molecular flexibility index (Phi) is 8.39. The van der Waals surface area contributed by atoms with Gasteiger partial charge in [0.25, 0.3) is 0 Å². The third kappa shape index (κ3) is 5.89. The lowest BCUT2D eigenvalue weighted by Gasteiger charge is -2.35. The number of carbonyl (C=O) groups excluding carboxylic acids is 1. The third-order valence-corrected chi connectivity index (χ3v) is 6.87. The summed E-state index contributed by atoms with van der Waals surface area (Å²) in [4.78, 5) is 17.5. The zero-order valence-corrected chi connectivity index (χ0v) is 18.6. The number of hydrogen-bond acceptors (Lipinski definition) is 4. The molecule has 0 bridgehead atoms. The quantitative estimate of drug-likeness (QED) is 0.684. The van der Waals surface area contributed by atoms with Gasteiger partial charge in [-0.1, -0.05) is 26.7 Å². The Morgan fingerprint density at radius 2 is 1.73 bits per heavy atom. The lowest BCUT2D eigenvalue weighted by molar-refractivity contribution is 0.161. The molecule has 6 heteroatoms. The lowest BCUT2D eigenvalue weighted by atomic mass is 9.93. The van der Waals surface area contributed by atoms with Crippen LogP contribution in [0.25, 0.3) is 0 Å². The fourth-order valence-corrected chi connectivity index (χ4v) is 4.96. The van der Waals surface area contributed by atoms with Crippen LogP contribution >= 0.6 is 0 Å². The molecule has 30 heavy (non-hydrogen) atoms. The number of likely N-dealkylation sites (tertiary alicyclic amines) is 1. The number of benzene rings is 1. The highest BCUT2D eigenvalue weighted by molar-refractivity contribution is 5.74. The molecule has 164 valence electrons. The molecule has 2 aliphatic heterocycles. The minimum Gasteiger partial charge on any atom is -0.371 e. The van der Waals surface area contributed by atoms with Crippen LogP contribution in [0.1, 0.15) is 57.9 Å². The number of anilines is 1. The second-order valence-electron chi connectivity index (χ2n) is 8.66. The lowest BCUT2D eigenvalue weighted by Crippen LogP contribution is -2.52. The van der Waals surface area contributed by atoms with Crippen LogP contribution in [-0.4, -0.2) is 55.7 Å². The van der Waals surface area contributed by atoms with Crippen molar-refractivity contribution in [2.75, 3.05) is 37.6 Å². The second kappa shape index (κ2) is 11.2. The van der Waals surface area contributed by atoms with Crippen molar-refractivity contribution in [3.05, 3.63) is 29.8 Å². The zero-order chi connectivity index (χ0) is 21.3. The molecule has 3 rings (SSSR count). The van der Waals surface area contributed by atoms with Crippen molar-refractivity contribution < 1.29 is 4.79 Å². The maximum atomic E-state index is 12.6. The third-order valence-electron chi connectivity index (χ3n) is 6.87. The van der Waals surface area contributed by atoms with E-state index in [1.165, 1.54) is 12.8 Å². The largest absolute Gasteiger partial charge is 0.371 e. The van der Waals surface area contributed by atoms with Crippen LogP contribution in [0.2, 0.25) is 0 Å². The van der Waals surface area contributed by atoms with Gasteiger partial charge in [0.15, 0.2) is 0 Å². The van der Waals surface area contributed by atoms with Gasteiger partial charge in [0, 0.05) is 37.4 Å². The molecule has 1 aromatic rings. The molecule has 1 atom stereocenters. The summed E-state index contributed by atoms with van der Waals surface area (Å²) < 4.78 is 0. The predicted octanol–water partition coefficient (Wildman–Crippen LogP) is 3.73. The summed E-state index contributed by atoms with van der Waals surface area (Å²) in [6.07, 6.45) is 6.76. The second-order valence-corrected chi connectivity index (χ2v) is 8.66. The van der Waals surface area contributed by atoms with E-state index < -0.39 is 0 Å². The summed E-state index contributed by atoms with van der Waals surface area (Å²) in [5.41, 5.74) is 1.84. The number of amides is 2. The van der Waals surface area contributed by atoms with E-state index in [-0.39, 0.29) is 12.1 Å². The van der Waals surface area contributed by atoms with Gasteiger partial charge in [0.2, 0.25) is 0 Å². The first kappa shape index (κ1) is 22.4. The van der Waals surface area contributed by atoms with Crippen LogP contribution < -0.4 is 15.5 Å². The van der Waals surface area contributed by atoms with Crippen molar-refractivity contribution in [2.45, 2.75) is 64.5 Å². The molecule has 0 saturated carbocycles. The highest BCUT2D eigenvalue weighted by Gasteiger charge is 2.28. The monoisotopic (exact) mass is 411 g/mol. The number of carbonyl (C=O) groups is 1.